The van der Waals surface area contributed by atoms with Crippen molar-refractivity contribution in [2.45, 2.75) is 6.92 Å². The lowest BCUT2D eigenvalue weighted by Gasteiger charge is -1.98. The Morgan fingerprint density at radius 1 is 1.32 bits per heavy atom. The normalized spacial score (nSPS) is 11.9. The van der Waals surface area contributed by atoms with Crippen LogP contribution in [0.4, 0.5) is 0 Å². The van der Waals surface area contributed by atoms with Gasteiger partial charge in [0.25, 0.3) is 0 Å². The van der Waals surface area contributed by atoms with Gasteiger partial charge < -0.3 is 10.7 Å². The molecule has 0 aliphatic rings. The molecule has 4 nitrogen and oxygen atoms in total. The van der Waals surface area contributed by atoms with Crippen molar-refractivity contribution < 1.29 is 0 Å². The minimum atomic E-state index is 0.753. The molecule has 19 heavy (non-hydrogen) atoms. The summed E-state index contributed by atoms with van der Waals surface area (Å²) in [5.41, 5.74) is 9.12. The van der Waals surface area contributed by atoms with Gasteiger partial charge in [0, 0.05) is 23.0 Å². The van der Waals surface area contributed by atoms with Crippen molar-refractivity contribution >= 4 is 5.57 Å². The fraction of sp³-hybridized carbons (Fsp3) is 0.0667. The second-order valence-corrected chi connectivity index (χ2v) is 4.04. The summed E-state index contributed by atoms with van der Waals surface area (Å²) in [4.78, 5) is 11.9. The number of pyridine rings is 1. The molecule has 4 heteroatoms. The van der Waals surface area contributed by atoms with Crippen LogP contribution in [0, 0.1) is 6.92 Å². The molecule has 0 bridgehead atoms. The number of nitrogens with two attached hydrogens (primary N) is 1. The Morgan fingerprint density at radius 3 is 2.79 bits per heavy atom. The van der Waals surface area contributed by atoms with Gasteiger partial charge >= 0.3 is 0 Å². The zero-order chi connectivity index (χ0) is 13.7. The third-order valence-corrected chi connectivity index (χ3v) is 2.68. The minimum absolute atomic E-state index is 0.753. The molecule has 0 spiro atoms. The Hall–Kier alpha value is -2.62. The third kappa shape index (κ3) is 2.98. The number of imidazole rings is 1. The van der Waals surface area contributed by atoms with Crippen molar-refractivity contribution in [3.8, 4) is 11.3 Å². The van der Waals surface area contributed by atoms with E-state index in [1.54, 1.807) is 18.3 Å². The van der Waals surface area contributed by atoms with Crippen LogP contribution in [0.5, 0.6) is 0 Å². The number of allylic oxidation sites excluding steroid dienone is 4. The third-order valence-electron chi connectivity index (χ3n) is 2.68. The average Bonchev–Trinajstić information content (AvgIpc) is 2.90. The average molecular weight is 252 g/mol. The molecule has 0 saturated heterocycles. The van der Waals surface area contributed by atoms with Gasteiger partial charge in [0.2, 0.25) is 0 Å². The van der Waals surface area contributed by atoms with Crippen molar-refractivity contribution in [2.75, 3.05) is 0 Å². The first-order valence-corrected chi connectivity index (χ1v) is 5.94. The summed E-state index contributed by atoms with van der Waals surface area (Å²) < 4.78 is 0. The molecular formula is C15H16N4. The molecule has 2 rings (SSSR count). The number of aromatic nitrogens is 3. The topological polar surface area (TPSA) is 67.6 Å². The van der Waals surface area contributed by atoms with Crippen LogP contribution in [0.1, 0.15) is 11.5 Å². The van der Waals surface area contributed by atoms with Crippen molar-refractivity contribution in [3.63, 3.8) is 0 Å². The molecular weight excluding hydrogens is 236 g/mol. The molecule has 2 heterocycles. The van der Waals surface area contributed by atoms with E-state index in [4.69, 9.17) is 5.73 Å². The number of hydrogen-bond acceptors (Lipinski definition) is 3. The molecule has 0 aromatic carbocycles. The van der Waals surface area contributed by atoms with Crippen LogP contribution >= 0.6 is 0 Å². The fourth-order valence-electron chi connectivity index (χ4n) is 1.64. The SMILES string of the molecule is C=C/C(=C\C=C/N)c1ncc(-c2ccc(C)nc2)[nH]1. The summed E-state index contributed by atoms with van der Waals surface area (Å²) in [6.45, 7) is 5.73. The first-order chi connectivity index (χ1) is 9.24. The van der Waals surface area contributed by atoms with E-state index in [1.165, 1.54) is 6.20 Å². The van der Waals surface area contributed by atoms with Crippen LogP contribution in [0.3, 0.4) is 0 Å². The smallest absolute Gasteiger partial charge is 0.137 e. The summed E-state index contributed by atoms with van der Waals surface area (Å²) in [7, 11) is 0. The van der Waals surface area contributed by atoms with Crippen molar-refractivity contribution in [2.24, 2.45) is 5.73 Å². The number of H-pyrrole nitrogens is 1. The molecule has 2 aromatic rings. The Balaban J connectivity index is 2.32. The van der Waals surface area contributed by atoms with Crippen LogP contribution in [-0.4, -0.2) is 15.0 Å². The number of nitrogens with zero attached hydrogens (tertiary/aromatic N) is 2. The predicted molar refractivity (Wildman–Crippen MR) is 78.1 cm³/mol. The largest absolute Gasteiger partial charge is 0.405 e. The molecule has 2 aromatic heterocycles. The van der Waals surface area contributed by atoms with E-state index in [0.717, 1.165) is 28.3 Å². The molecule has 0 atom stereocenters. The summed E-state index contributed by atoms with van der Waals surface area (Å²) in [6, 6.07) is 3.98. The first-order valence-electron chi connectivity index (χ1n) is 5.94. The van der Waals surface area contributed by atoms with E-state index in [0.29, 0.717) is 0 Å². The molecule has 0 amide bonds. The van der Waals surface area contributed by atoms with E-state index >= 15 is 0 Å². The summed E-state index contributed by atoms with van der Waals surface area (Å²) in [5.74, 6) is 0.753. The molecule has 0 fully saturated rings. The molecule has 3 N–H and O–H groups in total. The maximum Gasteiger partial charge on any atom is 0.137 e. The number of aryl methyl sites for hydroxylation is 1. The van der Waals surface area contributed by atoms with Crippen LogP contribution in [0.15, 0.2) is 55.5 Å². The number of rotatable bonds is 4. The molecule has 0 aliphatic heterocycles. The highest BCUT2D eigenvalue weighted by Gasteiger charge is 2.05. The molecule has 0 aliphatic carbocycles. The monoisotopic (exact) mass is 252 g/mol. The van der Waals surface area contributed by atoms with Gasteiger partial charge in [-0.2, -0.15) is 0 Å². The highest BCUT2D eigenvalue weighted by Crippen LogP contribution is 2.19. The van der Waals surface area contributed by atoms with E-state index in [1.807, 2.05) is 31.3 Å². The zero-order valence-electron chi connectivity index (χ0n) is 10.8. The van der Waals surface area contributed by atoms with E-state index in [-0.39, 0.29) is 0 Å². The lowest BCUT2D eigenvalue weighted by atomic mass is 10.2. The maximum atomic E-state index is 5.32. The van der Waals surface area contributed by atoms with Crippen LogP contribution in [-0.2, 0) is 0 Å². The zero-order valence-corrected chi connectivity index (χ0v) is 10.8. The second-order valence-electron chi connectivity index (χ2n) is 4.04. The number of hydrogen-bond donors (Lipinski definition) is 2. The van der Waals surface area contributed by atoms with E-state index in [2.05, 4.69) is 21.5 Å². The van der Waals surface area contributed by atoms with Gasteiger partial charge in [-0.25, -0.2) is 4.98 Å². The Kier molecular flexibility index (Phi) is 3.93. The maximum absolute atomic E-state index is 5.32. The summed E-state index contributed by atoms with van der Waals surface area (Å²) >= 11 is 0. The quantitative estimate of drug-likeness (QED) is 0.822. The van der Waals surface area contributed by atoms with E-state index in [9.17, 15) is 0 Å². The Labute approximate surface area is 112 Å². The first kappa shape index (κ1) is 12.8. The molecule has 96 valence electrons. The van der Waals surface area contributed by atoms with Gasteiger partial charge in [0.1, 0.15) is 5.82 Å². The van der Waals surface area contributed by atoms with Crippen LogP contribution in [0.2, 0.25) is 0 Å². The Morgan fingerprint density at radius 2 is 2.16 bits per heavy atom. The predicted octanol–water partition coefficient (Wildman–Crippen LogP) is 2.82. The lowest BCUT2D eigenvalue weighted by molar-refractivity contribution is 1.19. The lowest BCUT2D eigenvalue weighted by Crippen LogP contribution is -1.86. The standard InChI is InChI=1S/C15H16N4/c1-3-12(5-4-8-16)15-18-10-14(19-15)13-7-6-11(2)17-9-13/h3-10H,1,16H2,2H3,(H,18,19)/b8-4-,12-5+. The summed E-state index contributed by atoms with van der Waals surface area (Å²) in [5, 5.41) is 0. The molecule has 0 unspecified atom stereocenters. The highest BCUT2D eigenvalue weighted by atomic mass is 14.9. The molecule has 0 radical (unpaired) electrons. The van der Waals surface area contributed by atoms with Gasteiger partial charge in [0.15, 0.2) is 0 Å². The number of nitrogens with one attached hydrogen (secondary N) is 1. The summed E-state index contributed by atoms with van der Waals surface area (Å²) in [6.07, 6.45) is 10.4. The van der Waals surface area contributed by atoms with Gasteiger partial charge in [-0.15, -0.1) is 0 Å². The van der Waals surface area contributed by atoms with E-state index < -0.39 is 0 Å². The van der Waals surface area contributed by atoms with Gasteiger partial charge in [-0.1, -0.05) is 12.7 Å². The fourth-order valence-corrected chi connectivity index (χ4v) is 1.64. The van der Waals surface area contributed by atoms with Gasteiger partial charge in [0.05, 0.1) is 11.9 Å². The minimum Gasteiger partial charge on any atom is -0.405 e. The second kappa shape index (κ2) is 5.82. The molecule has 0 saturated carbocycles. The highest BCUT2D eigenvalue weighted by molar-refractivity contribution is 5.72. The van der Waals surface area contributed by atoms with Crippen molar-refractivity contribution in [3.05, 3.63) is 67.1 Å². The van der Waals surface area contributed by atoms with Crippen molar-refractivity contribution in [1.82, 2.24) is 15.0 Å². The number of aromatic amines is 1. The van der Waals surface area contributed by atoms with Gasteiger partial charge in [-0.05, 0) is 37.4 Å². The van der Waals surface area contributed by atoms with Crippen LogP contribution in [0.25, 0.3) is 16.8 Å². The Bertz CT molecular complexity index is 618. The van der Waals surface area contributed by atoms with Crippen molar-refractivity contribution in [1.29, 1.82) is 0 Å². The van der Waals surface area contributed by atoms with Crippen LogP contribution < -0.4 is 5.73 Å². The van der Waals surface area contributed by atoms with Gasteiger partial charge in [-0.3, -0.25) is 4.98 Å².